The molecule has 12 heteroatoms. The first-order valence-electron chi connectivity index (χ1n) is 9.98. The van der Waals surface area contributed by atoms with Gasteiger partial charge in [-0.15, -0.1) is 0 Å². The number of aromatic nitrogens is 4. The van der Waals surface area contributed by atoms with Crippen molar-refractivity contribution in [1.82, 2.24) is 19.6 Å². The van der Waals surface area contributed by atoms with Gasteiger partial charge in [0.05, 0.1) is 22.9 Å². The third-order valence-electron chi connectivity index (χ3n) is 4.89. The van der Waals surface area contributed by atoms with Gasteiger partial charge in [0.25, 0.3) is 0 Å². The molecule has 4 rings (SSSR count). The molecule has 2 heterocycles. The van der Waals surface area contributed by atoms with Gasteiger partial charge in [-0.3, -0.25) is 29.6 Å². The van der Waals surface area contributed by atoms with Gasteiger partial charge < -0.3 is 0 Å². The van der Waals surface area contributed by atoms with Crippen molar-refractivity contribution in [3.63, 3.8) is 0 Å². The summed E-state index contributed by atoms with van der Waals surface area (Å²) in [5.41, 5.74) is 2.52. The van der Waals surface area contributed by atoms with Crippen LogP contribution >= 0.6 is 0 Å². The molecule has 4 aromatic rings. The monoisotopic (exact) mass is 470 g/mol. The Balaban J connectivity index is 0.000000191. The maximum absolute atomic E-state index is 12.7. The van der Waals surface area contributed by atoms with Gasteiger partial charge in [-0.2, -0.15) is 10.2 Å². The minimum Gasteiger partial charge on any atom is -0.261 e. The van der Waals surface area contributed by atoms with Crippen LogP contribution in [0.15, 0.2) is 60.9 Å². The molecule has 10 nitrogen and oxygen atoms in total. The second kappa shape index (κ2) is 10.4. The van der Waals surface area contributed by atoms with Gasteiger partial charge in [-0.1, -0.05) is 24.3 Å². The van der Waals surface area contributed by atoms with Crippen molar-refractivity contribution in [1.29, 1.82) is 0 Å². The predicted octanol–water partition coefficient (Wildman–Crippen LogP) is 4.57. The van der Waals surface area contributed by atoms with E-state index in [1.165, 1.54) is 46.0 Å². The summed E-state index contributed by atoms with van der Waals surface area (Å²) in [6.45, 7) is 3.99. The summed E-state index contributed by atoms with van der Waals surface area (Å²) >= 11 is 0. The number of halogens is 2. The first kappa shape index (κ1) is 24.2. The molecule has 0 aliphatic carbocycles. The van der Waals surface area contributed by atoms with E-state index in [9.17, 15) is 29.0 Å². The Hall–Kier alpha value is -4.48. The summed E-state index contributed by atoms with van der Waals surface area (Å²) in [6.07, 6.45) is 2.59. The summed E-state index contributed by atoms with van der Waals surface area (Å²) < 4.78 is 28.4. The fourth-order valence-electron chi connectivity index (χ4n) is 3.08. The number of nitrogens with zero attached hydrogens (tertiary/aromatic N) is 6. The van der Waals surface area contributed by atoms with E-state index in [4.69, 9.17) is 0 Å². The molecule has 176 valence electrons. The van der Waals surface area contributed by atoms with Gasteiger partial charge >= 0.3 is 11.4 Å². The fourth-order valence-corrected chi connectivity index (χ4v) is 3.08. The third kappa shape index (κ3) is 6.06. The highest BCUT2D eigenvalue weighted by molar-refractivity contribution is 5.32. The van der Waals surface area contributed by atoms with Crippen molar-refractivity contribution in [2.45, 2.75) is 26.9 Å². The van der Waals surface area contributed by atoms with Gasteiger partial charge in [-0.25, -0.2) is 8.78 Å². The fraction of sp³-hybridized carbons (Fsp3) is 0.182. The van der Waals surface area contributed by atoms with E-state index >= 15 is 0 Å². The summed E-state index contributed by atoms with van der Waals surface area (Å²) in [5.74, 6) is -0.617. The molecule has 0 atom stereocenters. The molecule has 0 saturated carbocycles. The van der Waals surface area contributed by atoms with Crippen LogP contribution in [0.3, 0.4) is 0 Å². The Morgan fingerprint density at radius 1 is 0.824 bits per heavy atom. The zero-order chi connectivity index (χ0) is 24.8. The average molecular weight is 470 g/mol. The quantitative estimate of drug-likeness (QED) is 0.300. The minimum atomic E-state index is -0.469. The first-order chi connectivity index (χ1) is 16.1. The zero-order valence-electron chi connectivity index (χ0n) is 18.3. The van der Waals surface area contributed by atoms with Crippen LogP contribution in [0.2, 0.25) is 0 Å². The normalized spacial score (nSPS) is 10.5. The smallest absolute Gasteiger partial charge is 0.261 e. The molecule has 0 aliphatic rings. The van der Waals surface area contributed by atoms with Gasteiger partial charge in [-0.05, 0) is 49.2 Å². The number of hydrogen-bond donors (Lipinski definition) is 0. The lowest BCUT2D eigenvalue weighted by molar-refractivity contribution is -0.385. The molecular formula is C22H20F2N6O4. The van der Waals surface area contributed by atoms with Crippen LogP contribution in [-0.4, -0.2) is 29.4 Å². The molecule has 34 heavy (non-hydrogen) atoms. The Morgan fingerprint density at radius 2 is 1.32 bits per heavy atom. The number of nitro groups is 2. The number of benzene rings is 2. The van der Waals surface area contributed by atoms with E-state index in [0.717, 1.165) is 11.1 Å². The van der Waals surface area contributed by atoms with E-state index in [1.54, 1.807) is 38.1 Å². The summed E-state index contributed by atoms with van der Waals surface area (Å²) in [6, 6.07) is 11.9. The van der Waals surface area contributed by atoms with Crippen LogP contribution in [0.5, 0.6) is 0 Å². The zero-order valence-corrected chi connectivity index (χ0v) is 18.3. The lowest BCUT2D eigenvalue weighted by Crippen LogP contribution is -2.04. The van der Waals surface area contributed by atoms with E-state index in [-0.39, 0.29) is 23.0 Å². The summed E-state index contributed by atoms with van der Waals surface area (Å²) in [7, 11) is 0. The van der Waals surface area contributed by atoms with Gasteiger partial charge in [0.15, 0.2) is 0 Å². The molecule has 0 N–H and O–H groups in total. The minimum absolute atomic E-state index is 0.00730. The van der Waals surface area contributed by atoms with E-state index < -0.39 is 9.85 Å². The van der Waals surface area contributed by atoms with Crippen LogP contribution < -0.4 is 0 Å². The Kier molecular flexibility index (Phi) is 7.41. The van der Waals surface area contributed by atoms with Crippen LogP contribution in [-0.2, 0) is 13.1 Å². The van der Waals surface area contributed by atoms with Crippen molar-refractivity contribution >= 4 is 11.4 Å². The van der Waals surface area contributed by atoms with Crippen molar-refractivity contribution < 1.29 is 18.6 Å². The van der Waals surface area contributed by atoms with Gasteiger partial charge in [0.1, 0.15) is 35.4 Å². The van der Waals surface area contributed by atoms with Crippen LogP contribution in [0, 0.1) is 45.7 Å². The highest BCUT2D eigenvalue weighted by Crippen LogP contribution is 2.18. The molecule has 0 amide bonds. The molecule has 0 radical (unpaired) electrons. The molecule has 2 aromatic carbocycles. The van der Waals surface area contributed by atoms with Crippen LogP contribution in [0.4, 0.5) is 20.2 Å². The predicted molar refractivity (Wildman–Crippen MR) is 118 cm³/mol. The van der Waals surface area contributed by atoms with Crippen molar-refractivity contribution in [3.8, 4) is 0 Å². The van der Waals surface area contributed by atoms with E-state index in [1.807, 2.05) is 0 Å². The third-order valence-corrected chi connectivity index (χ3v) is 4.89. The van der Waals surface area contributed by atoms with Crippen molar-refractivity contribution in [3.05, 3.63) is 115 Å². The van der Waals surface area contributed by atoms with Crippen molar-refractivity contribution in [2.24, 2.45) is 0 Å². The first-order valence-corrected chi connectivity index (χ1v) is 9.98. The molecule has 0 aliphatic heterocycles. The Labute approximate surface area is 192 Å². The Morgan fingerprint density at radius 3 is 1.76 bits per heavy atom. The largest absolute Gasteiger partial charge is 0.309 e. The van der Waals surface area contributed by atoms with Crippen LogP contribution in [0.25, 0.3) is 0 Å². The van der Waals surface area contributed by atoms with Crippen molar-refractivity contribution in [2.75, 3.05) is 0 Å². The van der Waals surface area contributed by atoms with Gasteiger partial charge in [0.2, 0.25) is 0 Å². The molecule has 2 aromatic heterocycles. The van der Waals surface area contributed by atoms with E-state index in [2.05, 4.69) is 10.2 Å². The topological polar surface area (TPSA) is 122 Å². The van der Waals surface area contributed by atoms with Crippen LogP contribution in [0.1, 0.15) is 22.5 Å². The molecule has 0 spiro atoms. The maximum Gasteiger partial charge on any atom is 0.309 e. The SMILES string of the molecule is Cc1c([N+](=O)[O-])cnn1Cc1ccc(F)cc1.Cc1nn(Cc2ccc(F)cc2)cc1[N+](=O)[O-]. The average Bonchev–Trinajstić information content (AvgIpc) is 3.34. The molecule has 0 fully saturated rings. The molecule has 0 unspecified atom stereocenters. The Bertz CT molecular complexity index is 1290. The van der Waals surface area contributed by atoms with Gasteiger partial charge in [0, 0.05) is 0 Å². The standard InChI is InChI=1S/2C11H10FN3O2/c1-8-11(15(16)17)6-13-14(8)7-9-2-4-10(12)5-3-9;1-8-11(15(16)17)7-14(13-8)6-9-2-4-10(12)5-3-9/h2-6H,7H2,1H3;2-5,7H,6H2,1H3. The summed E-state index contributed by atoms with van der Waals surface area (Å²) in [5, 5.41) is 29.2. The second-order valence-electron chi connectivity index (χ2n) is 7.34. The molecule has 0 bridgehead atoms. The maximum atomic E-state index is 12.7. The highest BCUT2D eigenvalue weighted by Gasteiger charge is 2.16. The number of rotatable bonds is 6. The highest BCUT2D eigenvalue weighted by atomic mass is 19.1. The lowest BCUT2D eigenvalue weighted by Gasteiger charge is -2.03. The molecule has 0 saturated heterocycles. The number of aryl methyl sites for hydroxylation is 1. The second-order valence-corrected chi connectivity index (χ2v) is 7.34. The lowest BCUT2D eigenvalue weighted by atomic mass is 10.2. The van der Waals surface area contributed by atoms with E-state index in [0.29, 0.717) is 24.5 Å². The molecular weight excluding hydrogens is 450 g/mol. The summed E-state index contributed by atoms with van der Waals surface area (Å²) in [4.78, 5) is 20.3. The number of hydrogen-bond acceptors (Lipinski definition) is 6.